The van der Waals surface area contributed by atoms with Gasteiger partial charge >= 0.3 is 0 Å². The van der Waals surface area contributed by atoms with Crippen LogP contribution in [0.2, 0.25) is 5.02 Å². The number of carbonyl (C=O) groups is 2. The molecule has 10 heteroatoms. The number of aromatic nitrogens is 1. The molecule has 1 saturated heterocycles. The van der Waals surface area contributed by atoms with Crippen LogP contribution < -0.4 is 11.1 Å². The summed E-state index contributed by atoms with van der Waals surface area (Å²) in [6.07, 6.45) is 1.95. The molecule has 41 heavy (non-hydrogen) atoms. The second kappa shape index (κ2) is 13.0. The van der Waals surface area contributed by atoms with Gasteiger partial charge in [-0.3, -0.25) is 9.59 Å². The molecule has 0 bridgehead atoms. The Morgan fingerprint density at radius 2 is 1.93 bits per heavy atom. The molecule has 4 aromatic rings. The topological polar surface area (TPSA) is 100 Å². The second-order valence-electron chi connectivity index (χ2n) is 10.1. The van der Waals surface area contributed by atoms with Crippen LogP contribution in [0.4, 0.5) is 0 Å². The normalized spacial score (nSPS) is 18.8. The third-order valence-electron chi connectivity index (χ3n) is 7.22. The van der Waals surface area contributed by atoms with Crippen LogP contribution in [0.3, 0.4) is 0 Å². The zero-order valence-electron chi connectivity index (χ0n) is 22.7. The van der Waals surface area contributed by atoms with E-state index in [1.54, 1.807) is 0 Å². The summed E-state index contributed by atoms with van der Waals surface area (Å²) in [6.45, 7) is 3.86. The lowest BCUT2D eigenvalue weighted by atomic mass is 9.91. The lowest BCUT2D eigenvalue weighted by Gasteiger charge is -2.36. The number of aryl methyl sites for hydroxylation is 1. The zero-order valence-corrected chi connectivity index (χ0v) is 25.8. The standard InChI is InChI=1S/C31H32BrClN4O3S/c1-20-2-9-24(10-3-20)41-31(30(39)35-13-15-40-14-12-34)17-28(38)37(19-21-4-6-22(32)7-5-21)29(31)26-18-36-27-16-23(33)8-11-25(26)27/h2-11,16,18,29,36H,12-15,17,19,34H2,1H3,(H,35,39)/t29-,31-/m0/s1. The molecule has 0 aliphatic carbocycles. The number of benzene rings is 3. The molecular formula is C31H32BrClN4O3S. The Morgan fingerprint density at radius 1 is 1.17 bits per heavy atom. The predicted molar refractivity (Wildman–Crippen MR) is 168 cm³/mol. The molecule has 0 saturated carbocycles. The number of likely N-dealkylation sites (tertiary alicyclic amines) is 1. The minimum Gasteiger partial charge on any atom is -0.378 e. The molecule has 1 aromatic heterocycles. The van der Waals surface area contributed by atoms with Gasteiger partial charge in [0, 0.05) is 56.7 Å². The molecule has 5 rings (SSSR count). The van der Waals surface area contributed by atoms with Gasteiger partial charge in [-0.15, -0.1) is 11.8 Å². The number of nitrogens with two attached hydrogens (primary N) is 1. The first-order valence-electron chi connectivity index (χ1n) is 13.4. The van der Waals surface area contributed by atoms with E-state index in [4.69, 9.17) is 22.1 Å². The van der Waals surface area contributed by atoms with Crippen LogP contribution in [0.15, 0.2) is 82.3 Å². The van der Waals surface area contributed by atoms with E-state index in [-0.39, 0.29) is 18.2 Å². The molecule has 4 N–H and O–H groups in total. The quantitative estimate of drug-likeness (QED) is 0.173. The Morgan fingerprint density at radius 3 is 2.66 bits per heavy atom. The third-order valence-corrected chi connectivity index (χ3v) is 9.41. The first kappa shape index (κ1) is 29.7. The highest BCUT2D eigenvalue weighted by atomic mass is 79.9. The van der Waals surface area contributed by atoms with Crippen molar-refractivity contribution >= 4 is 62.0 Å². The van der Waals surface area contributed by atoms with Crippen molar-refractivity contribution in [3.05, 3.63) is 99.1 Å². The van der Waals surface area contributed by atoms with Gasteiger partial charge in [0.2, 0.25) is 11.8 Å². The van der Waals surface area contributed by atoms with Gasteiger partial charge in [-0.1, -0.05) is 63.4 Å². The van der Waals surface area contributed by atoms with E-state index in [1.807, 2.05) is 84.8 Å². The average molecular weight is 656 g/mol. The Hall–Kier alpha value is -2.82. The van der Waals surface area contributed by atoms with Gasteiger partial charge in [0.15, 0.2) is 0 Å². The van der Waals surface area contributed by atoms with Crippen molar-refractivity contribution in [3.63, 3.8) is 0 Å². The highest BCUT2D eigenvalue weighted by Crippen LogP contribution is 2.54. The lowest BCUT2D eigenvalue weighted by molar-refractivity contribution is -0.129. The number of hydrogen-bond acceptors (Lipinski definition) is 5. The van der Waals surface area contributed by atoms with Crippen molar-refractivity contribution in [2.75, 3.05) is 26.3 Å². The Balaban J connectivity index is 1.61. The summed E-state index contributed by atoms with van der Waals surface area (Å²) >= 11 is 11.2. The monoisotopic (exact) mass is 654 g/mol. The summed E-state index contributed by atoms with van der Waals surface area (Å²) in [5, 5.41) is 4.60. The van der Waals surface area contributed by atoms with Gasteiger partial charge in [-0.2, -0.15) is 0 Å². The predicted octanol–water partition coefficient (Wildman–Crippen LogP) is 5.99. The maximum atomic E-state index is 14.3. The van der Waals surface area contributed by atoms with Crippen LogP contribution in [0, 0.1) is 6.92 Å². The molecule has 0 unspecified atom stereocenters. The maximum Gasteiger partial charge on any atom is 0.239 e. The molecule has 2 heterocycles. The van der Waals surface area contributed by atoms with E-state index >= 15 is 0 Å². The van der Waals surface area contributed by atoms with Crippen molar-refractivity contribution in [3.8, 4) is 0 Å². The lowest BCUT2D eigenvalue weighted by Crippen LogP contribution is -2.49. The first-order valence-corrected chi connectivity index (χ1v) is 15.4. The number of ether oxygens (including phenoxy) is 1. The van der Waals surface area contributed by atoms with E-state index < -0.39 is 10.8 Å². The molecule has 2 amide bonds. The zero-order chi connectivity index (χ0) is 29.0. The molecule has 0 spiro atoms. The molecule has 7 nitrogen and oxygen atoms in total. The van der Waals surface area contributed by atoms with Crippen LogP contribution >= 0.6 is 39.3 Å². The van der Waals surface area contributed by atoms with Crippen molar-refractivity contribution in [2.45, 2.75) is 35.6 Å². The number of hydrogen-bond donors (Lipinski definition) is 3. The number of aromatic amines is 1. The van der Waals surface area contributed by atoms with Gasteiger partial charge in [0.1, 0.15) is 4.75 Å². The summed E-state index contributed by atoms with van der Waals surface area (Å²) in [7, 11) is 0. The number of rotatable bonds is 11. The Labute approximate surface area is 257 Å². The number of H-pyrrole nitrogens is 1. The van der Waals surface area contributed by atoms with Crippen LogP contribution in [0.5, 0.6) is 0 Å². The summed E-state index contributed by atoms with van der Waals surface area (Å²) in [5.74, 6) is -0.297. The van der Waals surface area contributed by atoms with Crippen LogP contribution in [0.25, 0.3) is 10.9 Å². The minimum absolute atomic E-state index is 0.0441. The highest BCUT2D eigenvalue weighted by molar-refractivity contribution is 9.10. The summed E-state index contributed by atoms with van der Waals surface area (Å²) < 4.78 is 5.32. The van der Waals surface area contributed by atoms with E-state index in [2.05, 4.69) is 26.2 Å². The van der Waals surface area contributed by atoms with Crippen molar-refractivity contribution in [1.82, 2.24) is 15.2 Å². The molecule has 0 radical (unpaired) electrons. The summed E-state index contributed by atoms with van der Waals surface area (Å²) in [6, 6.07) is 21.0. The second-order valence-corrected chi connectivity index (χ2v) is 12.9. The number of nitrogens with one attached hydrogen (secondary N) is 2. The van der Waals surface area contributed by atoms with Crippen LogP contribution in [0.1, 0.15) is 29.2 Å². The van der Waals surface area contributed by atoms with Crippen molar-refractivity contribution in [1.29, 1.82) is 0 Å². The molecule has 1 aliphatic heterocycles. The van der Waals surface area contributed by atoms with Crippen molar-refractivity contribution in [2.24, 2.45) is 5.73 Å². The van der Waals surface area contributed by atoms with E-state index in [0.29, 0.717) is 37.9 Å². The van der Waals surface area contributed by atoms with Gasteiger partial charge in [0.05, 0.1) is 25.7 Å². The Kier molecular flexibility index (Phi) is 9.41. The number of nitrogens with zero attached hydrogens (tertiary/aromatic N) is 1. The fraction of sp³-hybridized carbons (Fsp3) is 0.290. The molecule has 3 aromatic carbocycles. The van der Waals surface area contributed by atoms with Gasteiger partial charge in [-0.25, -0.2) is 0 Å². The average Bonchev–Trinajstić information content (AvgIpc) is 3.48. The third kappa shape index (κ3) is 6.49. The van der Waals surface area contributed by atoms with E-state index in [1.165, 1.54) is 11.8 Å². The smallest absolute Gasteiger partial charge is 0.239 e. The van der Waals surface area contributed by atoms with Crippen molar-refractivity contribution < 1.29 is 14.3 Å². The van der Waals surface area contributed by atoms with Gasteiger partial charge in [0.25, 0.3) is 0 Å². The minimum atomic E-state index is -1.15. The Bertz CT molecular complexity index is 1530. The number of carbonyl (C=O) groups excluding carboxylic acids is 2. The number of fused-ring (bicyclic) bond motifs is 1. The van der Waals surface area contributed by atoms with E-state index in [9.17, 15) is 9.59 Å². The molecule has 1 aliphatic rings. The highest BCUT2D eigenvalue weighted by Gasteiger charge is 2.58. The number of halogens is 2. The van der Waals surface area contributed by atoms with Gasteiger partial charge in [-0.05, 0) is 48.9 Å². The number of thioether (sulfide) groups is 1. The van der Waals surface area contributed by atoms with Crippen LogP contribution in [-0.4, -0.2) is 52.7 Å². The molecular weight excluding hydrogens is 624 g/mol. The van der Waals surface area contributed by atoms with E-state index in [0.717, 1.165) is 37.0 Å². The molecule has 2 atom stereocenters. The summed E-state index contributed by atoms with van der Waals surface area (Å²) in [4.78, 5) is 34.4. The fourth-order valence-corrected chi connectivity index (χ4v) is 7.14. The first-order chi connectivity index (χ1) is 19.8. The summed E-state index contributed by atoms with van der Waals surface area (Å²) in [5.41, 5.74) is 9.35. The molecule has 1 fully saturated rings. The largest absolute Gasteiger partial charge is 0.378 e. The molecule has 214 valence electrons. The SMILES string of the molecule is Cc1ccc(S[C@@]2(C(=O)NCCOCCN)CC(=O)N(Cc3ccc(Br)cc3)[C@H]2c2c[nH]c3cc(Cl)ccc23)cc1. The fourth-order valence-electron chi connectivity index (χ4n) is 5.28. The number of amides is 2. The van der Waals surface area contributed by atoms with Gasteiger partial charge < -0.3 is 25.7 Å². The van der Waals surface area contributed by atoms with Crippen LogP contribution in [-0.2, 0) is 20.9 Å². The maximum absolute atomic E-state index is 14.3.